The van der Waals surface area contributed by atoms with E-state index in [4.69, 9.17) is 15.3 Å². The average molecular weight is 117 g/mol. The summed E-state index contributed by atoms with van der Waals surface area (Å²) < 4.78 is 0. The fourth-order valence-corrected chi connectivity index (χ4v) is 0. The Bertz CT molecular complexity index is 27.2. The lowest BCUT2D eigenvalue weighted by Crippen LogP contribution is -1.81. The van der Waals surface area contributed by atoms with E-state index in [1.54, 1.807) is 0 Å². The first kappa shape index (κ1) is 36.3. The molecule has 0 aliphatic rings. The molecule has 0 rings (SSSR count). The Morgan fingerprint density at radius 2 is 1.29 bits per heavy atom. The standard InChI is InChI=1S/HNO3.3H2O/c2-1(3)4;;;/h(H,2,3,4);3*1H2. The minimum atomic E-state index is -1.50. The van der Waals surface area contributed by atoms with Gasteiger partial charge in [-0.1, -0.05) is 0 Å². The smallest absolute Gasteiger partial charge is 0.291 e. The maximum absolute atomic E-state index is 8.36. The predicted molar refractivity (Wildman–Crippen MR) is 19.6 cm³/mol. The third-order valence-electron chi connectivity index (χ3n) is 0. The van der Waals surface area contributed by atoms with Gasteiger partial charge in [0.1, 0.15) is 0 Å². The summed E-state index contributed by atoms with van der Waals surface area (Å²) in [6.07, 6.45) is 0. The average Bonchev–Trinajstić information content (AvgIpc) is 0.811. The van der Waals surface area contributed by atoms with Crippen molar-refractivity contribution in [1.82, 2.24) is 0 Å². The topological polar surface area (TPSA) is 158 Å². The quantitative estimate of drug-likeness (QED) is 0.268. The second-order valence-corrected chi connectivity index (χ2v) is 0.238. The van der Waals surface area contributed by atoms with E-state index in [1.807, 2.05) is 0 Å². The lowest BCUT2D eigenvalue weighted by atomic mass is 13.1. The zero-order chi connectivity index (χ0) is 3.58. The summed E-state index contributed by atoms with van der Waals surface area (Å²) in [4.78, 5) is 8.36. The van der Waals surface area contributed by atoms with E-state index in [0.29, 0.717) is 0 Å². The molecular weight excluding hydrogens is 110 g/mol. The lowest BCUT2D eigenvalue weighted by Gasteiger charge is -1.56. The van der Waals surface area contributed by atoms with Crippen molar-refractivity contribution in [2.45, 2.75) is 0 Å². The maximum Gasteiger partial charge on any atom is 0.291 e. The molecule has 0 aromatic heterocycles. The fourth-order valence-electron chi connectivity index (χ4n) is 0. The van der Waals surface area contributed by atoms with Crippen molar-refractivity contribution in [3.8, 4) is 0 Å². The Labute approximate surface area is 38.2 Å². The molecule has 0 bridgehead atoms. The van der Waals surface area contributed by atoms with Crippen molar-refractivity contribution >= 4 is 0 Å². The van der Waals surface area contributed by atoms with E-state index in [0.717, 1.165) is 0 Å². The van der Waals surface area contributed by atoms with E-state index < -0.39 is 5.09 Å². The Morgan fingerprint density at radius 1 is 1.29 bits per heavy atom. The molecule has 0 amide bonds. The molecule has 0 saturated heterocycles. The molecule has 0 unspecified atom stereocenters. The summed E-state index contributed by atoms with van der Waals surface area (Å²) in [5.74, 6) is 0. The molecule has 48 valence electrons. The van der Waals surface area contributed by atoms with Gasteiger partial charge in [-0.15, -0.1) is 10.1 Å². The van der Waals surface area contributed by atoms with Crippen LogP contribution in [-0.2, 0) is 0 Å². The predicted octanol–water partition coefficient (Wildman–Crippen LogP) is -2.82. The van der Waals surface area contributed by atoms with E-state index in [9.17, 15) is 0 Å². The molecule has 7 nitrogen and oxygen atoms in total. The van der Waals surface area contributed by atoms with Gasteiger partial charge < -0.3 is 21.6 Å². The molecule has 0 spiro atoms. The van der Waals surface area contributed by atoms with Crippen LogP contribution in [-0.4, -0.2) is 26.7 Å². The van der Waals surface area contributed by atoms with Gasteiger partial charge in [0.25, 0.3) is 5.09 Å². The SMILES string of the molecule is O.O.O.O=[N+]([O-])O. The summed E-state index contributed by atoms with van der Waals surface area (Å²) in [6, 6.07) is 0. The lowest BCUT2D eigenvalue weighted by molar-refractivity contribution is -0.742. The zero-order valence-corrected chi connectivity index (χ0v) is 3.21. The van der Waals surface area contributed by atoms with Crippen LogP contribution in [0.1, 0.15) is 0 Å². The van der Waals surface area contributed by atoms with Gasteiger partial charge in [-0.3, -0.25) is 0 Å². The van der Waals surface area contributed by atoms with Gasteiger partial charge in [-0.2, -0.15) is 0 Å². The van der Waals surface area contributed by atoms with Crippen LogP contribution >= 0.6 is 0 Å². The second-order valence-electron chi connectivity index (χ2n) is 0.238. The first-order chi connectivity index (χ1) is 1.73. The van der Waals surface area contributed by atoms with E-state index in [-0.39, 0.29) is 16.4 Å². The highest BCUT2D eigenvalue weighted by molar-refractivity contribution is 3.83. The molecule has 0 radical (unpaired) electrons. The number of rotatable bonds is 0. The van der Waals surface area contributed by atoms with Gasteiger partial charge in [0.15, 0.2) is 0 Å². The zero-order valence-electron chi connectivity index (χ0n) is 3.21. The van der Waals surface area contributed by atoms with Crippen LogP contribution in [0.5, 0.6) is 0 Å². The molecule has 7 N–H and O–H groups in total. The molecule has 0 atom stereocenters. The van der Waals surface area contributed by atoms with Crippen molar-refractivity contribution in [2.24, 2.45) is 0 Å². The summed E-state index contributed by atoms with van der Waals surface area (Å²) in [5, 5.41) is 13.6. The van der Waals surface area contributed by atoms with Crippen LogP contribution in [0.3, 0.4) is 0 Å². The van der Waals surface area contributed by atoms with Crippen molar-refractivity contribution < 1.29 is 26.7 Å². The Kier molecular flexibility index (Phi) is 101. The molecule has 0 aromatic rings. The van der Waals surface area contributed by atoms with Gasteiger partial charge in [0, 0.05) is 0 Å². The van der Waals surface area contributed by atoms with Gasteiger partial charge in [-0.25, -0.2) is 0 Å². The van der Waals surface area contributed by atoms with Gasteiger partial charge in [0.05, 0.1) is 0 Å². The van der Waals surface area contributed by atoms with Crippen LogP contribution in [0.15, 0.2) is 0 Å². The van der Waals surface area contributed by atoms with Crippen LogP contribution in [0.2, 0.25) is 0 Å². The monoisotopic (exact) mass is 117 g/mol. The minimum absolute atomic E-state index is 0. The Hall–Kier alpha value is -0.920. The van der Waals surface area contributed by atoms with E-state index >= 15 is 0 Å². The Balaban J connectivity index is -0.0000000150. The largest absolute Gasteiger partial charge is 0.412 e. The first-order valence-corrected chi connectivity index (χ1v) is 0.565. The van der Waals surface area contributed by atoms with E-state index in [1.165, 1.54) is 0 Å². The van der Waals surface area contributed by atoms with Crippen molar-refractivity contribution in [3.63, 3.8) is 0 Å². The maximum atomic E-state index is 8.36. The fraction of sp³-hybridized carbons (Fsp3) is 0. The summed E-state index contributed by atoms with van der Waals surface area (Å²) >= 11 is 0. The number of nitrogens with zero attached hydrogens (tertiary/aromatic N) is 1. The van der Waals surface area contributed by atoms with E-state index in [2.05, 4.69) is 0 Å². The van der Waals surface area contributed by atoms with Gasteiger partial charge >= 0.3 is 0 Å². The number of hydrogen-bond donors (Lipinski definition) is 1. The second kappa shape index (κ2) is 19.5. The molecule has 0 heterocycles. The van der Waals surface area contributed by atoms with Crippen LogP contribution < -0.4 is 0 Å². The highest BCUT2D eigenvalue weighted by Crippen LogP contribution is 1.38. The van der Waals surface area contributed by atoms with Crippen LogP contribution in [0, 0.1) is 10.1 Å². The summed E-state index contributed by atoms with van der Waals surface area (Å²) in [5.41, 5.74) is 0. The third-order valence-corrected chi connectivity index (χ3v) is 0. The summed E-state index contributed by atoms with van der Waals surface area (Å²) in [6.45, 7) is 0. The molecule has 0 fully saturated rings. The molecule has 0 aliphatic heterocycles. The molecule has 7 heteroatoms. The highest BCUT2D eigenvalue weighted by Gasteiger charge is 1.65. The molecule has 0 aliphatic carbocycles. The van der Waals surface area contributed by atoms with Crippen LogP contribution in [0.4, 0.5) is 0 Å². The number of hydrogen-bond acceptors (Lipinski definition) is 2. The normalized spacial score (nSPS) is 3.43. The van der Waals surface area contributed by atoms with Gasteiger partial charge in [-0.05, 0) is 0 Å². The van der Waals surface area contributed by atoms with Gasteiger partial charge in [0.2, 0.25) is 0 Å². The minimum Gasteiger partial charge on any atom is -0.412 e. The summed E-state index contributed by atoms with van der Waals surface area (Å²) in [7, 11) is 0. The van der Waals surface area contributed by atoms with Crippen LogP contribution in [0.25, 0.3) is 0 Å². The van der Waals surface area contributed by atoms with Crippen molar-refractivity contribution in [2.75, 3.05) is 0 Å². The molecule has 7 heavy (non-hydrogen) atoms. The first-order valence-electron chi connectivity index (χ1n) is 0.565. The molecular formula is H7NO6. The highest BCUT2D eigenvalue weighted by atomic mass is 16.9. The molecule has 0 saturated carbocycles. The Morgan fingerprint density at radius 3 is 1.29 bits per heavy atom. The third kappa shape index (κ3) is 56.9. The van der Waals surface area contributed by atoms with Crippen molar-refractivity contribution in [3.05, 3.63) is 10.1 Å². The molecule has 0 aromatic carbocycles. The van der Waals surface area contributed by atoms with Crippen molar-refractivity contribution in [1.29, 1.82) is 0 Å².